The highest BCUT2D eigenvalue weighted by atomic mass is 79.9. The van der Waals surface area contributed by atoms with Gasteiger partial charge in [-0.05, 0) is 43.7 Å². The summed E-state index contributed by atoms with van der Waals surface area (Å²) in [7, 11) is 0. The lowest BCUT2D eigenvalue weighted by atomic mass is 9.98. The van der Waals surface area contributed by atoms with E-state index in [1.165, 1.54) is 4.90 Å². The Balaban J connectivity index is 1.87. The molecule has 2 aromatic carbocycles. The molecule has 150 valence electrons. The number of para-hydroxylation sites is 1. The van der Waals surface area contributed by atoms with Gasteiger partial charge in [0.05, 0.1) is 43.2 Å². The predicted octanol–water partition coefficient (Wildman–Crippen LogP) is 3.03. The SMILES string of the molecule is CC[NH+](CC)CCN1C(=O)c2oc3ccccc3c(=O)c2[C@@H]1c1cccc(Br)c1. The van der Waals surface area contributed by atoms with Crippen LogP contribution in [-0.2, 0) is 0 Å². The number of hydrogen-bond donors (Lipinski definition) is 1. The normalized spacial score (nSPS) is 16.1. The smallest absolute Gasteiger partial charge is 0.291 e. The Morgan fingerprint density at radius 3 is 2.55 bits per heavy atom. The zero-order valence-electron chi connectivity index (χ0n) is 16.6. The van der Waals surface area contributed by atoms with Crippen LogP contribution in [0.25, 0.3) is 11.0 Å². The van der Waals surface area contributed by atoms with Crippen LogP contribution in [0.4, 0.5) is 0 Å². The molecule has 0 aliphatic carbocycles. The molecule has 0 saturated carbocycles. The third kappa shape index (κ3) is 3.51. The number of quaternary nitrogens is 1. The van der Waals surface area contributed by atoms with Crippen molar-refractivity contribution in [2.24, 2.45) is 0 Å². The Kier molecular flexibility index (Phi) is 5.56. The number of rotatable bonds is 6. The van der Waals surface area contributed by atoms with Crippen molar-refractivity contribution in [2.75, 3.05) is 26.2 Å². The molecule has 2 heterocycles. The quantitative estimate of drug-likeness (QED) is 0.621. The first-order valence-electron chi connectivity index (χ1n) is 10.0. The highest BCUT2D eigenvalue weighted by Crippen LogP contribution is 2.38. The maximum absolute atomic E-state index is 13.4. The van der Waals surface area contributed by atoms with Gasteiger partial charge in [0, 0.05) is 4.47 Å². The molecular weight excluding hydrogens is 432 g/mol. The van der Waals surface area contributed by atoms with Crippen LogP contribution >= 0.6 is 15.9 Å². The van der Waals surface area contributed by atoms with E-state index in [2.05, 4.69) is 29.8 Å². The minimum atomic E-state index is -0.439. The van der Waals surface area contributed by atoms with Crippen molar-refractivity contribution in [3.63, 3.8) is 0 Å². The van der Waals surface area contributed by atoms with E-state index in [0.29, 0.717) is 23.1 Å². The molecule has 0 unspecified atom stereocenters. The van der Waals surface area contributed by atoms with Crippen LogP contribution in [-0.4, -0.2) is 37.0 Å². The van der Waals surface area contributed by atoms with Crippen molar-refractivity contribution in [1.82, 2.24) is 4.90 Å². The average molecular weight is 456 g/mol. The van der Waals surface area contributed by atoms with E-state index in [0.717, 1.165) is 29.7 Å². The molecule has 5 nitrogen and oxygen atoms in total. The van der Waals surface area contributed by atoms with E-state index in [1.807, 2.05) is 36.4 Å². The molecule has 1 aliphatic heterocycles. The topological polar surface area (TPSA) is 55.0 Å². The molecule has 1 aromatic heterocycles. The van der Waals surface area contributed by atoms with Gasteiger partial charge in [-0.1, -0.05) is 40.2 Å². The van der Waals surface area contributed by atoms with E-state index in [1.54, 1.807) is 17.0 Å². The summed E-state index contributed by atoms with van der Waals surface area (Å²) in [6.45, 7) is 7.66. The van der Waals surface area contributed by atoms with Gasteiger partial charge in [-0.25, -0.2) is 0 Å². The average Bonchev–Trinajstić information content (AvgIpc) is 3.01. The van der Waals surface area contributed by atoms with Crippen molar-refractivity contribution in [3.05, 3.63) is 80.1 Å². The summed E-state index contributed by atoms with van der Waals surface area (Å²) in [5, 5.41) is 0.510. The molecule has 1 amide bonds. The van der Waals surface area contributed by atoms with Gasteiger partial charge in [0.25, 0.3) is 5.91 Å². The van der Waals surface area contributed by atoms with Crippen LogP contribution in [0, 0.1) is 0 Å². The molecule has 0 fully saturated rings. The lowest BCUT2D eigenvalue weighted by Crippen LogP contribution is -3.12. The maximum Gasteiger partial charge on any atom is 0.291 e. The summed E-state index contributed by atoms with van der Waals surface area (Å²) in [4.78, 5) is 29.9. The van der Waals surface area contributed by atoms with Gasteiger partial charge >= 0.3 is 0 Å². The van der Waals surface area contributed by atoms with Crippen molar-refractivity contribution in [3.8, 4) is 0 Å². The van der Waals surface area contributed by atoms with Crippen molar-refractivity contribution >= 4 is 32.8 Å². The van der Waals surface area contributed by atoms with Gasteiger partial charge < -0.3 is 14.2 Å². The number of halogens is 1. The fourth-order valence-electron chi connectivity index (χ4n) is 4.10. The van der Waals surface area contributed by atoms with Crippen LogP contribution in [0.3, 0.4) is 0 Å². The van der Waals surface area contributed by atoms with Crippen molar-refractivity contribution in [2.45, 2.75) is 19.9 Å². The number of hydrogen-bond acceptors (Lipinski definition) is 3. The first-order valence-corrected chi connectivity index (χ1v) is 10.8. The van der Waals surface area contributed by atoms with E-state index in [4.69, 9.17) is 4.42 Å². The molecule has 3 aromatic rings. The number of fused-ring (bicyclic) bond motifs is 2. The van der Waals surface area contributed by atoms with Gasteiger partial charge in [0.1, 0.15) is 5.58 Å². The fraction of sp³-hybridized carbons (Fsp3) is 0.304. The minimum Gasteiger partial charge on any atom is -0.450 e. The zero-order valence-corrected chi connectivity index (χ0v) is 18.2. The van der Waals surface area contributed by atoms with E-state index >= 15 is 0 Å². The lowest BCUT2D eigenvalue weighted by Gasteiger charge is -2.27. The third-order valence-corrected chi connectivity index (χ3v) is 6.24. The highest BCUT2D eigenvalue weighted by Gasteiger charge is 2.42. The van der Waals surface area contributed by atoms with E-state index in [-0.39, 0.29) is 17.1 Å². The first kappa shape index (κ1) is 19.9. The molecule has 1 N–H and O–H groups in total. The molecule has 4 rings (SSSR count). The van der Waals surface area contributed by atoms with Crippen LogP contribution in [0.2, 0.25) is 0 Å². The number of nitrogens with zero attached hydrogens (tertiary/aromatic N) is 1. The molecule has 29 heavy (non-hydrogen) atoms. The molecule has 6 heteroatoms. The molecule has 1 aliphatic rings. The number of amides is 1. The summed E-state index contributed by atoms with van der Waals surface area (Å²) in [6.07, 6.45) is 0. The number of likely N-dealkylation sites (N-methyl/N-ethyl adjacent to an activating group) is 1. The van der Waals surface area contributed by atoms with E-state index in [9.17, 15) is 9.59 Å². The van der Waals surface area contributed by atoms with Crippen LogP contribution < -0.4 is 10.3 Å². The van der Waals surface area contributed by atoms with Gasteiger partial charge in [-0.2, -0.15) is 0 Å². The Hall–Kier alpha value is -2.44. The standard InChI is InChI=1S/C23H23BrN2O3/c1-3-25(4-2)12-13-26-20(15-8-7-9-16(24)14-15)19-21(27)17-10-5-6-11-18(17)29-22(19)23(26)28/h5-11,14,20H,3-4,12-13H2,1-2H3/p+1/t20-/m0/s1. The van der Waals surface area contributed by atoms with Crippen LogP contribution in [0.1, 0.15) is 41.6 Å². The van der Waals surface area contributed by atoms with Crippen LogP contribution in [0.15, 0.2) is 62.2 Å². The molecule has 1 atom stereocenters. The summed E-state index contributed by atoms with van der Waals surface area (Å²) in [6, 6.07) is 14.5. The fourth-order valence-corrected chi connectivity index (χ4v) is 4.52. The second-order valence-corrected chi connectivity index (χ2v) is 8.25. The Bertz CT molecular complexity index is 1120. The number of benzene rings is 2. The third-order valence-electron chi connectivity index (χ3n) is 5.74. The molecule has 0 saturated heterocycles. The van der Waals surface area contributed by atoms with Gasteiger partial charge in [-0.3, -0.25) is 9.59 Å². The monoisotopic (exact) mass is 455 g/mol. The summed E-state index contributed by atoms with van der Waals surface area (Å²) in [5.41, 5.74) is 1.68. The number of nitrogens with one attached hydrogen (secondary N) is 1. The zero-order chi connectivity index (χ0) is 20.5. The van der Waals surface area contributed by atoms with Crippen molar-refractivity contribution < 1.29 is 14.1 Å². The molecule has 0 spiro atoms. The highest BCUT2D eigenvalue weighted by molar-refractivity contribution is 9.10. The summed E-state index contributed by atoms with van der Waals surface area (Å²) >= 11 is 3.52. The predicted molar refractivity (Wildman–Crippen MR) is 116 cm³/mol. The maximum atomic E-state index is 13.4. The Morgan fingerprint density at radius 1 is 1.07 bits per heavy atom. The minimum absolute atomic E-state index is 0.127. The Labute approximate surface area is 178 Å². The molecule has 0 radical (unpaired) electrons. The van der Waals surface area contributed by atoms with Gasteiger partial charge in [0.15, 0.2) is 5.43 Å². The lowest BCUT2D eigenvalue weighted by molar-refractivity contribution is -0.895. The largest absolute Gasteiger partial charge is 0.450 e. The Morgan fingerprint density at radius 2 is 1.83 bits per heavy atom. The number of carbonyl (C=O) groups excluding carboxylic acids is 1. The second kappa shape index (κ2) is 8.13. The summed E-state index contributed by atoms with van der Waals surface area (Å²) in [5.74, 6) is -0.0346. The van der Waals surface area contributed by atoms with Crippen molar-refractivity contribution in [1.29, 1.82) is 0 Å². The molecule has 0 bridgehead atoms. The second-order valence-electron chi connectivity index (χ2n) is 7.33. The number of carbonyl (C=O) groups is 1. The van der Waals surface area contributed by atoms with Crippen LogP contribution in [0.5, 0.6) is 0 Å². The van der Waals surface area contributed by atoms with Gasteiger partial charge in [-0.15, -0.1) is 0 Å². The molecular formula is C23H24BrN2O3+. The van der Waals surface area contributed by atoms with E-state index < -0.39 is 6.04 Å². The van der Waals surface area contributed by atoms with Gasteiger partial charge in [0.2, 0.25) is 5.76 Å². The first-order chi connectivity index (χ1) is 14.0. The summed E-state index contributed by atoms with van der Waals surface area (Å²) < 4.78 is 6.87.